The summed E-state index contributed by atoms with van der Waals surface area (Å²) in [6.07, 6.45) is 9.18. The van der Waals surface area contributed by atoms with Gasteiger partial charge in [-0.1, -0.05) is 6.92 Å². The van der Waals surface area contributed by atoms with Crippen LogP contribution in [0.2, 0.25) is 0 Å². The van der Waals surface area contributed by atoms with Crippen molar-refractivity contribution in [2.24, 2.45) is 5.92 Å². The molecule has 1 aromatic rings. The maximum absolute atomic E-state index is 5.96. The van der Waals surface area contributed by atoms with E-state index in [1.807, 2.05) is 12.5 Å². The summed E-state index contributed by atoms with van der Waals surface area (Å²) in [5.74, 6) is 0.603. The standard InChI is InChI=1S/C14H23N3O/c1-2-6-15-8-11-5-7-18-14(11)13-9-16-10-17(13)12-3-4-12/h9-12,14-15H,2-8H2,1H3. The second kappa shape index (κ2) is 5.41. The number of rotatable bonds is 6. The average molecular weight is 249 g/mol. The van der Waals surface area contributed by atoms with Crippen LogP contribution in [0.5, 0.6) is 0 Å². The molecule has 4 heteroatoms. The van der Waals surface area contributed by atoms with Crippen LogP contribution in [0.25, 0.3) is 0 Å². The van der Waals surface area contributed by atoms with Gasteiger partial charge in [0.05, 0.1) is 18.2 Å². The van der Waals surface area contributed by atoms with Crippen molar-refractivity contribution in [3.8, 4) is 0 Å². The highest BCUT2D eigenvalue weighted by molar-refractivity contribution is 5.10. The van der Waals surface area contributed by atoms with E-state index in [1.54, 1.807) is 0 Å². The number of aromatic nitrogens is 2. The molecule has 1 saturated carbocycles. The lowest BCUT2D eigenvalue weighted by Gasteiger charge is -2.20. The molecule has 0 aromatic carbocycles. The second-order valence-electron chi connectivity index (χ2n) is 5.50. The predicted molar refractivity (Wildman–Crippen MR) is 70.5 cm³/mol. The Morgan fingerprint density at radius 3 is 3.11 bits per heavy atom. The summed E-state index contributed by atoms with van der Waals surface area (Å²) in [6, 6.07) is 0.691. The van der Waals surface area contributed by atoms with Gasteiger partial charge in [0.1, 0.15) is 6.10 Å². The average Bonchev–Trinajstić information content (AvgIpc) is 2.93. The summed E-state index contributed by atoms with van der Waals surface area (Å²) in [4.78, 5) is 4.32. The van der Waals surface area contributed by atoms with Gasteiger partial charge in [-0.05, 0) is 32.2 Å². The number of hydrogen-bond acceptors (Lipinski definition) is 3. The molecule has 2 atom stereocenters. The highest BCUT2D eigenvalue weighted by Gasteiger charge is 2.34. The Balaban J connectivity index is 1.67. The molecule has 1 N–H and O–H groups in total. The molecular weight excluding hydrogens is 226 g/mol. The molecule has 0 radical (unpaired) electrons. The Morgan fingerprint density at radius 2 is 2.33 bits per heavy atom. The van der Waals surface area contributed by atoms with E-state index in [0.717, 1.165) is 26.1 Å². The first kappa shape index (κ1) is 12.2. The number of nitrogens with one attached hydrogen (secondary N) is 1. The lowest BCUT2D eigenvalue weighted by Crippen LogP contribution is -2.26. The van der Waals surface area contributed by atoms with E-state index in [0.29, 0.717) is 12.0 Å². The molecule has 1 aromatic heterocycles. The molecular formula is C14H23N3O. The first-order valence-corrected chi connectivity index (χ1v) is 7.24. The molecule has 1 aliphatic heterocycles. The molecule has 1 saturated heterocycles. The number of nitrogens with zero attached hydrogens (tertiary/aromatic N) is 2. The Bertz CT molecular complexity index is 386. The van der Waals surface area contributed by atoms with Gasteiger partial charge in [0, 0.05) is 25.1 Å². The third-order valence-electron chi connectivity index (χ3n) is 3.98. The fraction of sp³-hybridized carbons (Fsp3) is 0.786. The van der Waals surface area contributed by atoms with E-state index >= 15 is 0 Å². The first-order chi connectivity index (χ1) is 8.90. The Hall–Kier alpha value is -0.870. The van der Waals surface area contributed by atoms with Crippen molar-refractivity contribution in [2.45, 2.75) is 44.8 Å². The zero-order valence-electron chi connectivity index (χ0n) is 11.1. The normalized spacial score (nSPS) is 27.8. The van der Waals surface area contributed by atoms with E-state index in [9.17, 15) is 0 Å². The summed E-state index contributed by atoms with van der Waals surface area (Å²) < 4.78 is 8.29. The fourth-order valence-corrected chi connectivity index (χ4v) is 2.83. The van der Waals surface area contributed by atoms with Gasteiger partial charge in [-0.2, -0.15) is 0 Å². The van der Waals surface area contributed by atoms with Gasteiger partial charge >= 0.3 is 0 Å². The fourth-order valence-electron chi connectivity index (χ4n) is 2.83. The minimum absolute atomic E-state index is 0.248. The smallest absolute Gasteiger partial charge is 0.103 e. The maximum Gasteiger partial charge on any atom is 0.103 e. The van der Waals surface area contributed by atoms with Crippen molar-refractivity contribution in [3.63, 3.8) is 0 Å². The van der Waals surface area contributed by atoms with E-state index in [2.05, 4.69) is 21.8 Å². The topological polar surface area (TPSA) is 39.1 Å². The Morgan fingerprint density at radius 1 is 1.44 bits per heavy atom. The summed E-state index contributed by atoms with van der Waals surface area (Å²) in [6.45, 7) is 5.26. The first-order valence-electron chi connectivity index (χ1n) is 7.24. The molecule has 0 spiro atoms. The minimum Gasteiger partial charge on any atom is -0.372 e. The summed E-state index contributed by atoms with van der Waals surface area (Å²) in [5, 5.41) is 3.52. The number of imidazole rings is 1. The number of hydrogen-bond donors (Lipinski definition) is 1. The van der Waals surface area contributed by atoms with Crippen LogP contribution in [0, 0.1) is 5.92 Å². The van der Waals surface area contributed by atoms with Crippen molar-refractivity contribution in [1.29, 1.82) is 0 Å². The van der Waals surface area contributed by atoms with E-state index < -0.39 is 0 Å². The molecule has 2 aliphatic rings. The molecule has 1 aliphatic carbocycles. The van der Waals surface area contributed by atoms with Gasteiger partial charge in [-0.3, -0.25) is 0 Å². The zero-order chi connectivity index (χ0) is 12.4. The largest absolute Gasteiger partial charge is 0.372 e. The van der Waals surface area contributed by atoms with Gasteiger partial charge in [-0.15, -0.1) is 0 Å². The molecule has 18 heavy (non-hydrogen) atoms. The van der Waals surface area contributed by atoms with E-state index in [4.69, 9.17) is 4.74 Å². The monoisotopic (exact) mass is 249 g/mol. The van der Waals surface area contributed by atoms with Crippen molar-refractivity contribution < 1.29 is 4.74 Å². The maximum atomic E-state index is 5.96. The van der Waals surface area contributed by atoms with E-state index in [1.165, 1.54) is 25.0 Å². The molecule has 100 valence electrons. The molecule has 3 rings (SSSR count). The second-order valence-corrected chi connectivity index (χ2v) is 5.50. The number of ether oxygens (including phenoxy) is 1. The van der Waals surface area contributed by atoms with Crippen LogP contribution in [0.3, 0.4) is 0 Å². The van der Waals surface area contributed by atoms with Crippen molar-refractivity contribution in [1.82, 2.24) is 14.9 Å². The highest BCUT2D eigenvalue weighted by atomic mass is 16.5. The third-order valence-corrected chi connectivity index (χ3v) is 3.98. The van der Waals surface area contributed by atoms with Gasteiger partial charge in [-0.25, -0.2) is 4.98 Å². The minimum atomic E-state index is 0.248. The van der Waals surface area contributed by atoms with Crippen molar-refractivity contribution in [2.75, 3.05) is 19.7 Å². The summed E-state index contributed by atoms with van der Waals surface area (Å²) in [7, 11) is 0. The Labute approximate surface area is 109 Å². The molecule has 0 bridgehead atoms. The van der Waals surface area contributed by atoms with Gasteiger partial charge in [0.15, 0.2) is 0 Å². The van der Waals surface area contributed by atoms with Crippen LogP contribution in [0.1, 0.15) is 50.4 Å². The lowest BCUT2D eigenvalue weighted by atomic mass is 9.99. The summed E-state index contributed by atoms with van der Waals surface area (Å²) in [5.41, 5.74) is 1.29. The third kappa shape index (κ3) is 2.45. The van der Waals surface area contributed by atoms with Gasteiger partial charge < -0.3 is 14.6 Å². The van der Waals surface area contributed by atoms with Crippen LogP contribution in [-0.2, 0) is 4.74 Å². The Kier molecular flexibility index (Phi) is 3.66. The molecule has 2 fully saturated rings. The van der Waals surface area contributed by atoms with Gasteiger partial charge in [0.25, 0.3) is 0 Å². The van der Waals surface area contributed by atoms with Crippen molar-refractivity contribution in [3.05, 3.63) is 18.2 Å². The quantitative estimate of drug-likeness (QED) is 0.786. The molecule has 2 unspecified atom stereocenters. The van der Waals surface area contributed by atoms with Crippen molar-refractivity contribution >= 4 is 0 Å². The van der Waals surface area contributed by atoms with Crippen LogP contribution in [0.15, 0.2) is 12.5 Å². The highest BCUT2D eigenvalue weighted by Crippen LogP contribution is 2.41. The van der Waals surface area contributed by atoms with Crippen LogP contribution in [0.4, 0.5) is 0 Å². The van der Waals surface area contributed by atoms with Crippen LogP contribution < -0.4 is 5.32 Å². The molecule has 2 heterocycles. The van der Waals surface area contributed by atoms with Crippen LogP contribution in [-0.4, -0.2) is 29.2 Å². The molecule has 4 nitrogen and oxygen atoms in total. The van der Waals surface area contributed by atoms with Crippen LogP contribution >= 0.6 is 0 Å². The van der Waals surface area contributed by atoms with Gasteiger partial charge in [0.2, 0.25) is 0 Å². The SMILES string of the molecule is CCCNCC1CCOC1c1cncn1C1CC1. The zero-order valence-corrected chi connectivity index (χ0v) is 11.1. The summed E-state index contributed by atoms with van der Waals surface area (Å²) >= 11 is 0. The predicted octanol–water partition coefficient (Wildman–Crippen LogP) is 2.30. The lowest BCUT2D eigenvalue weighted by molar-refractivity contribution is 0.0839. The molecule has 0 amide bonds. The van der Waals surface area contributed by atoms with E-state index in [-0.39, 0.29) is 6.10 Å².